The number of hydrogen-bond acceptors (Lipinski definition) is 5. The predicted octanol–water partition coefficient (Wildman–Crippen LogP) is 1.87. The van der Waals surface area contributed by atoms with Gasteiger partial charge in [0.05, 0.1) is 12.4 Å². The average Bonchev–Trinajstić information content (AvgIpc) is 2.47. The summed E-state index contributed by atoms with van der Waals surface area (Å²) >= 11 is 0. The Bertz CT molecular complexity index is 697. The second kappa shape index (κ2) is 6.19. The van der Waals surface area contributed by atoms with Crippen LogP contribution in [0.5, 0.6) is 0 Å². The van der Waals surface area contributed by atoms with Gasteiger partial charge in [-0.15, -0.1) is 0 Å². The molecule has 2 rings (SSSR count). The molecule has 0 bridgehead atoms. The lowest BCUT2D eigenvalue weighted by Crippen LogP contribution is -2.27. The van der Waals surface area contributed by atoms with Crippen LogP contribution in [0.25, 0.3) is 0 Å². The molecule has 0 aliphatic rings. The number of rotatable bonds is 5. The van der Waals surface area contributed by atoms with E-state index in [1.54, 1.807) is 14.0 Å². The molecule has 0 fully saturated rings. The van der Waals surface area contributed by atoms with Crippen LogP contribution < -0.4 is 10.0 Å². The van der Waals surface area contributed by atoms with Gasteiger partial charge in [-0.1, -0.05) is 29.8 Å². The Morgan fingerprint density at radius 2 is 1.67 bits per heavy atom. The monoisotopic (exact) mass is 306 g/mol. The van der Waals surface area contributed by atoms with Gasteiger partial charge in [-0.2, -0.15) is 0 Å². The lowest BCUT2D eigenvalue weighted by atomic mass is 10.1. The van der Waals surface area contributed by atoms with E-state index in [2.05, 4.69) is 20.0 Å². The summed E-state index contributed by atoms with van der Waals surface area (Å²) < 4.78 is 27.2. The molecule has 0 saturated carbocycles. The standard InChI is InChI=1S/C14H18N4O2S/c1-10-4-6-12(7-5-10)11(2)18-21(19,20)13-8-16-14(15-3)17-9-13/h4-9,11,18H,1-3H3,(H,15,16,17). The number of anilines is 1. The molecule has 1 aromatic heterocycles. The molecule has 0 saturated heterocycles. The quantitative estimate of drug-likeness (QED) is 0.881. The van der Waals surface area contributed by atoms with E-state index in [9.17, 15) is 8.42 Å². The topological polar surface area (TPSA) is 84.0 Å². The molecule has 2 N–H and O–H groups in total. The van der Waals surface area contributed by atoms with Crippen LogP contribution >= 0.6 is 0 Å². The van der Waals surface area contributed by atoms with Crippen molar-refractivity contribution in [2.24, 2.45) is 0 Å². The number of aryl methyl sites for hydroxylation is 1. The molecule has 0 radical (unpaired) electrons. The molecule has 1 aromatic carbocycles. The van der Waals surface area contributed by atoms with Gasteiger partial charge in [0, 0.05) is 13.1 Å². The normalized spacial score (nSPS) is 12.9. The first-order chi connectivity index (χ1) is 9.92. The molecule has 2 aromatic rings. The third-order valence-electron chi connectivity index (χ3n) is 3.07. The highest BCUT2D eigenvalue weighted by Gasteiger charge is 2.19. The fourth-order valence-corrected chi connectivity index (χ4v) is 2.93. The Morgan fingerprint density at radius 1 is 1.10 bits per heavy atom. The van der Waals surface area contributed by atoms with E-state index >= 15 is 0 Å². The van der Waals surface area contributed by atoms with Crippen LogP contribution in [-0.4, -0.2) is 25.4 Å². The van der Waals surface area contributed by atoms with Crippen molar-refractivity contribution >= 4 is 16.0 Å². The van der Waals surface area contributed by atoms with Gasteiger partial charge in [-0.05, 0) is 19.4 Å². The summed E-state index contributed by atoms with van der Waals surface area (Å²) in [6.07, 6.45) is 2.56. The molecule has 6 nitrogen and oxygen atoms in total. The van der Waals surface area contributed by atoms with Gasteiger partial charge in [-0.3, -0.25) is 0 Å². The first-order valence-electron chi connectivity index (χ1n) is 6.51. The van der Waals surface area contributed by atoms with Crippen LogP contribution in [0.4, 0.5) is 5.95 Å². The van der Waals surface area contributed by atoms with Crippen molar-refractivity contribution in [1.29, 1.82) is 0 Å². The predicted molar refractivity (Wildman–Crippen MR) is 81.5 cm³/mol. The van der Waals surface area contributed by atoms with E-state index in [1.807, 2.05) is 31.2 Å². The highest BCUT2D eigenvalue weighted by molar-refractivity contribution is 7.89. The van der Waals surface area contributed by atoms with E-state index < -0.39 is 10.0 Å². The van der Waals surface area contributed by atoms with Gasteiger partial charge in [0.2, 0.25) is 16.0 Å². The van der Waals surface area contributed by atoms with Crippen LogP contribution in [0, 0.1) is 6.92 Å². The van der Waals surface area contributed by atoms with Crippen molar-refractivity contribution in [2.75, 3.05) is 12.4 Å². The minimum absolute atomic E-state index is 0.0421. The number of sulfonamides is 1. The summed E-state index contributed by atoms with van der Waals surface area (Å²) in [6.45, 7) is 3.78. The third kappa shape index (κ3) is 3.77. The summed E-state index contributed by atoms with van der Waals surface area (Å²) in [6, 6.07) is 7.38. The molecule has 7 heteroatoms. The lowest BCUT2D eigenvalue weighted by molar-refractivity contribution is 0.566. The van der Waals surface area contributed by atoms with Crippen LogP contribution in [0.1, 0.15) is 24.1 Å². The Kier molecular flexibility index (Phi) is 4.54. The summed E-state index contributed by atoms with van der Waals surface area (Å²) in [4.78, 5) is 7.87. The Balaban J connectivity index is 2.17. The van der Waals surface area contributed by atoms with E-state index in [-0.39, 0.29) is 10.9 Å². The number of benzene rings is 1. The maximum atomic E-state index is 12.3. The zero-order valence-electron chi connectivity index (χ0n) is 12.2. The average molecular weight is 306 g/mol. The minimum Gasteiger partial charge on any atom is -0.357 e. The molecule has 0 aliphatic carbocycles. The number of aromatic nitrogens is 2. The van der Waals surface area contributed by atoms with Gasteiger partial charge in [0.1, 0.15) is 4.90 Å². The first kappa shape index (κ1) is 15.4. The van der Waals surface area contributed by atoms with E-state index in [0.29, 0.717) is 5.95 Å². The van der Waals surface area contributed by atoms with Crippen LogP contribution in [-0.2, 0) is 10.0 Å². The zero-order chi connectivity index (χ0) is 15.5. The maximum Gasteiger partial charge on any atom is 0.244 e. The summed E-state index contributed by atoms with van der Waals surface area (Å²) in [5.41, 5.74) is 2.03. The minimum atomic E-state index is -3.65. The fourth-order valence-electron chi connectivity index (χ4n) is 1.81. The molecule has 1 unspecified atom stereocenters. The highest BCUT2D eigenvalue weighted by Crippen LogP contribution is 2.17. The number of nitrogens with zero attached hydrogens (tertiary/aromatic N) is 2. The third-order valence-corrected chi connectivity index (χ3v) is 4.57. The van der Waals surface area contributed by atoms with Crippen LogP contribution in [0.3, 0.4) is 0 Å². The number of nitrogens with one attached hydrogen (secondary N) is 2. The van der Waals surface area contributed by atoms with Gasteiger partial charge in [-0.25, -0.2) is 23.1 Å². The molecule has 1 heterocycles. The van der Waals surface area contributed by atoms with Gasteiger partial charge < -0.3 is 5.32 Å². The lowest BCUT2D eigenvalue weighted by Gasteiger charge is -2.14. The molecule has 0 amide bonds. The molecule has 0 spiro atoms. The van der Waals surface area contributed by atoms with E-state index in [4.69, 9.17) is 0 Å². The SMILES string of the molecule is CNc1ncc(S(=O)(=O)NC(C)c2ccc(C)cc2)cn1. The molecular weight excluding hydrogens is 288 g/mol. The van der Waals surface area contributed by atoms with Crippen molar-refractivity contribution < 1.29 is 8.42 Å². The maximum absolute atomic E-state index is 12.3. The molecular formula is C14H18N4O2S. The Labute approximate surface area is 124 Å². The zero-order valence-corrected chi connectivity index (χ0v) is 13.0. The van der Waals surface area contributed by atoms with E-state index in [1.165, 1.54) is 12.4 Å². The van der Waals surface area contributed by atoms with Crippen LogP contribution in [0.2, 0.25) is 0 Å². The van der Waals surface area contributed by atoms with Gasteiger partial charge in [0.25, 0.3) is 0 Å². The van der Waals surface area contributed by atoms with E-state index in [0.717, 1.165) is 11.1 Å². The molecule has 0 aliphatic heterocycles. The van der Waals surface area contributed by atoms with Crippen LogP contribution in [0.15, 0.2) is 41.6 Å². The second-order valence-electron chi connectivity index (χ2n) is 4.75. The van der Waals surface area contributed by atoms with Crippen molar-refractivity contribution in [3.05, 3.63) is 47.8 Å². The second-order valence-corrected chi connectivity index (χ2v) is 6.46. The van der Waals surface area contributed by atoms with Gasteiger partial charge >= 0.3 is 0 Å². The Hall–Kier alpha value is -1.99. The highest BCUT2D eigenvalue weighted by atomic mass is 32.2. The molecule has 112 valence electrons. The first-order valence-corrected chi connectivity index (χ1v) is 7.99. The van der Waals surface area contributed by atoms with Crippen molar-refractivity contribution in [3.8, 4) is 0 Å². The summed E-state index contributed by atoms with van der Waals surface area (Å²) in [5, 5.41) is 2.74. The van der Waals surface area contributed by atoms with Crippen molar-refractivity contribution in [2.45, 2.75) is 24.8 Å². The van der Waals surface area contributed by atoms with Gasteiger partial charge in [0.15, 0.2) is 0 Å². The Morgan fingerprint density at radius 3 is 2.19 bits per heavy atom. The van der Waals surface area contributed by atoms with Crippen molar-refractivity contribution in [3.63, 3.8) is 0 Å². The molecule has 1 atom stereocenters. The fraction of sp³-hybridized carbons (Fsp3) is 0.286. The largest absolute Gasteiger partial charge is 0.357 e. The van der Waals surface area contributed by atoms with Crippen molar-refractivity contribution in [1.82, 2.24) is 14.7 Å². The summed E-state index contributed by atoms with van der Waals surface area (Å²) in [7, 11) is -1.98. The number of hydrogen-bond donors (Lipinski definition) is 2. The molecule has 21 heavy (non-hydrogen) atoms. The summed E-state index contributed by atoms with van der Waals surface area (Å²) in [5.74, 6) is 0.375. The smallest absolute Gasteiger partial charge is 0.244 e.